The lowest BCUT2D eigenvalue weighted by Gasteiger charge is -2.30. The maximum absolute atomic E-state index is 13.6. The third-order valence-corrected chi connectivity index (χ3v) is 7.83. The molecule has 9 heteroatoms. The Morgan fingerprint density at radius 2 is 1.87 bits per heavy atom. The van der Waals surface area contributed by atoms with E-state index in [1.165, 1.54) is 0 Å². The third kappa shape index (κ3) is 6.83. The van der Waals surface area contributed by atoms with Crippen LogP contribution in [0.25, 0.3) is 0 Å². The number of rotatable bonds is 14. The molecule has 2 heterocycles. The lowest BCUT2D eigenvalue weighted by molar-refractivity contribution is -0.143. The molecular weight excluding hydrogens is 498 g/mol. The average Bonchev–Trinajstić information content (AvgIpc) is 3.55. The average molecular weight is 540 g/mol. The van der Waals surface area contributed by atoms with Gasteiger partial charge in [0.25, 0.3) is 0 Å². The van der Waals surface area contributed by atoms with Crippen molar-refractivity contribution in [3.05, 3.63) is 53.6 Å². The van der Waals surface area contributed by atoms with Gasteiger partial charge in [-0.15, -0.1) is 0 Å². The number of fused-ring (bicyclic) bond motifs is 1. The molecule has 0 unspecified atom stereocenters. The van der Waals surface area contributed by atoms with Crippen molar-refractivity contribution in [2.45, 2.75) is 51.0 Å². The van der Waals surface area contributed by atoms with Gasteiger partial charge in [-0.1, -0.05) is 37.6 Å². The lowest BCUT2D eigenvalue weighted by atomic mass is 9.83. The van der Waals surface area contributed by atoms with Crippen molar-refractivity contribution in [2.24, 2.45) is 11.7 Å². The van der Waals surface area contributed by atoms with Gasteiger partial charge in [0, 0.05) is 31.6 Å². The number of carbonyl (C=O) groups is 2. The summed E-state index contributed by atoms with van der Waals surface area (Å²) in [6.45, 7) is 4.83. The van der Waals surface area contributed by atoms with Crippen LogP contribution in [-0.4, -0.2) is 79.5 Å². The van der Waals surface area contributed by atoms with Crippen LogP contribution in [0.1, 0.15) is 49.7 Å². The SMILES string of the molecule is CCCCN(CCCCN)C(=O)CN1C[C@H](c2ccc3c(c2)OCO3)[C@@H](C(=O)O)[C@@H]1Cc1ccccc1OC. The molecule has 3 N–H and O–H groups in total. The molecule has 1 fully saturated rings. The van der Waals surface area contributed by atoms with Gasteiger partial charge in [0.2, 0.25) is 12.7 Å². The lowest BCUT2D eigenvalue weighted by Crippen LogP contribution is -2.45. The first-order chi connectivity index (χ1) is 19.0. The molecule has 4 rings (SSSR count). The summed E-state index contributed by atoms with van der Waals surface area (Å²) in [5.74, 6) is 0.115. The fraction of sp³-hybridized carbons (Fsp3) is 0.533. The summed E-state index contributed by atoms with van der Waals surface area (Å²) in [7, 11) is 1.62. The standard InChI is InChI=1S/C30H41N3O6/c1-3-4-14-32(15-8-7-13-31)28(34)19-33-18-23(21-11-12-26-27(17-21)39-20-38-26)29(30(35)36)24(33)16-22-9-5-6-10-25(22)37-2/h5-6,9-12,17,23-24,29H,3-4,7-8,13-16,18-20,31H2,1-2H3,(H,35,36)/t23-,24+,29-/m1/s1. The largest absolute Gasteiger partial charge is 0.496 e. The van der Waals surface area contributed by atoms with E-state index >= 15 is 0 Å². The number of methoxy groups -OCH3 is 1. The number of carboxylic acids is 1. The fourth-order valence-electron chi connectivity index (χ4n) is 5.76. The molecule has 0 spiro atoms. The van der Waals surface area contributed by atoms with Crippen LogP contribution in [0.2, 0.25) is 0 Å². The first-order valence-corrected chi connectivity index (χ1v) is 13.9. The zero-order valence-corrected chi connectivity index (χ0v) is 23.0. The van der Waals surface area contributed by atoms with Crippen LogP contribution in [0.3, 0.4) is 0 Å². The molecule has 39 heavy (non-hydrogen) atoms. The highest BCUT2D eigenvalue weighted by atomic mass is 16.7. The predicted molar refractivity (Wildman–Crippen MR) is 148 cm³/mol. The van der Waals surface area contributed by atoms with E-state index in [2.05, 4.69) is 11.8 Å². The Bertz CT molecular complexity index is 1130. The number of aliphatic carboxylic acids is 1. The van der Waals surface area contributed by atoms with Gasteiger partial charge in [-0.25, -0.2) is 0 Å². The summed E-state index contributed by atoms with van der Waals surface area (Å²) in [5.41, 5.74) is 7.49. The Balaban J connectivity index is 1.64. The van der Waals surface area contributed by atoms with Gasteiger partial charge in [-0.3, -0.25) is 14.5 Å². The normalized spacial score (nSPS) is 20.2. The molecule has 2 aromatic rings. The molecule has 212 valence electrons. The van der Waals surface area contributed by atoms with Crippen molar-refractivity contribution < 1.29 is 28.9 Å². The quantitative estimate of drug-likeness (QED) is 0.351. The monoisotopic (exact) mass is 539 g/mol. The van der Waals surface area contributed by atoms with Crippen LogP contribution < -0.4 is 19.9 Å². The molecule has 0 bridgehead atoms. The Morgan fingerprint density at radius 3 is 2.62 bits per heavy atom. The molecule has 1 amide bonds. The van der Waals surface area contributed by atoms with Crippen LogP contribution in [0, 0.1) is 5.92 Å². The zero-order valence-electron chi connectivity index (χ0n) is 23.0. The van der Waals surface area contributed by atoms with E-state index in [0.29, 0.717) is 49.8 Å². The zero-order chi connectivity index (χ0) is 27.8. The molecule has 9 nitrogen and oxygen atoms in total. The van der Waals surface area contributed by atoms with Crippen LogP contribution in [0.15, 0.2) is 42.5 Å². The maximum Gasteiger partial charge on any atom is 0.308 e. The van der Waals surface area contributed by atoms with Crippen LogP contribution in [0.5, 0.6) is 17.2 Å². The molecule has 3 atom stereocenters. The van der Waals surface area contributed by atoms with E-state index in [0.717, 1.165) is 36.8 Å². The smallest absolute Gasteiger partial charge is 0.308 e. The highest BCUT2D eigenvalue weighted by Gasteiger charge is 2.47. The maximum atomic E-state index is 13.6. The predicted octanol–water partition coefficient (Wildman–Crippen LogP) is 3.50. The summed E-state index contributed by atoms with van der Waals surface area (Å²) in [6.07, 6.45) is 4.10. The summed E-state index contributed by atoms with van der Waals surface area (Å²) >= 11 is 0. The van der Waals surface area contributed by atoms with Gasteiger partial charge in [0.05, 0.1) is 19.6 Å². The molecule has 2 aliphatic rings. The number of likely N-dealkylation sites (tertiary alicyclic amines) is 1. The molecular formula is C30H41N3O6. The van der Waals surface area contributed by atoms with Crippen molar-refractivity contribution in [1.82, 2.24) is 9.80 Å². The highest BCUT2D eigenvalue weighted by molar-refractivity contribution is 5.79. The second-order valence-corrected chi connectivity index (χ2v) is 10.3. The van der Waals surface area contributed by atoms with E-state index in [9.17, 15) is 14.7 Å². The Kier molecular flexibility index (Phi) is 10.1. The molecule has 1 saturated heterocycles. The van der Waals surface area contributed by atoms with E-state index in [4.69, 9.17) is 19.9 Å². The van der Waals surface area contributed by atoms with Gasteiger partial charge in [0.15, 0.2) is 11.5 Å². The minimum atomic E-state index is -0.877. The van der Waals surface area contributed by atoms with E-state index < -0.39 is 17.9 Å². The topological polar surface area (TPSA) is 115 Å². The molecule has 2 aliphatic heterocycles. The number of carboxylic acid groups (broad SMARTS) is 1. The minimum Gasteiger partial charge on any atom is -0.496 e. The van der Waals surface area contributed by atoms with Crippen LogP contribution >= 0.6 is 0 Å². The fourth-order valence-corrected chi connectivity index (χ4v) is 5.76. The minimum absolute atomic E-state index is 0.0287. The number of carbonyl (C=O) groups excluding carboxylic acids is 1. The number of benzene rings is 2. The van der Waals surface area contributed by atoms with Crippen molar-refractivity contribution in [3.63, 3.8) is 0 Å². The number of para-hydroxylation sites is 1. The summed E-state index contributed by atoms with van der Waals surface area (Å²) in [4.78, 5) is 30.5. The number of hydrogen-bond donors (Lipinski definition) is 2. The molecule has 0 aromatic heterocycles. The van der Waals surface area contributed by atoms with Crippen molar-refractivity contribution >= 4 is 11.9 Å². The van der Waals surface area contributed by atoms with Gasteiger partial charge >= 0.3 is 5.97 Å². The van der Waals surface area contributed by atoms with Crippen molar-refractivity contribution in [3.8, 4) is 17.2 Å². The number of nitrogens with zero attached hydrogens (tertiary/aromatic N) is 2. The summed E-state index contributed by atoms with van der Waals surface area (Å²) in [6, 6.07) is 12.9. The second kappa shape index (κ2) is 13.7. The molecule has 0 aliphatic carbocycles. The second-order valence-electron chi connectivity index (χ2n) is 10.3. The summed E-state index contributed by atoms with van der Waals surface area (Å²) < 4.78 is 16.6. The number of unbranched alkanes of at least 4 members (excludes halogenated alkanes) is 2. The Labute approximate surface area is 230 Å². The Hall–Kier alpha value is -3.30. The van der Waals surface area contributed by atoms with Crippen molar-refractivity contribution in [2.75, 3.05) is 46.6 Å². The van der Waals surface area contributed by atoms with Gasteiger partial charge in [-0.2, -0.15) is 0 Å². The first-order valence-electron chi connectivity index (χ1n) is 13.9. The van der Waals surface area contributed by atoms with Gasteiger partial charge in [0.1, 0.15) is 5.75 Å². The third-order valence-electron chi connectivity index (χ3n) is 7.83. The van der Waals surface area contributed by atoms with E-state index in [1.807, 2.05) is 47.4 Å². The number of amides is 1. The number of ether oxygens (including phenoxy) is 3. The van der Waals surface area contributed by atoms with Crippen LogP contribution in [0.4, 0.5) is 0 Å². The van der Waals surface area contributed by atoms with Gasteiger partial charge in [-0.05, 0) is 61.6 Å². The number of nitrogens with two attached hydrogens (primary N) is 1. The molecule has 0 radical (unpaired) electrons. The van der Waals surface area contributed by atoms with E-state index in [-0.39, 0.29) is 25.2 Å². The summed E-state index contributed by atoms with van der Waals surface area (Å²) in [5, 5.41) is 10.5. The Morgan fingerprint density at radius 1 is 1.10 bits per heavy atom. The highest BCUT2D eigenvalue weighted by Crippen LogP contribution is 2.43. The van der Waals surface area contributed by atoms with E-state index in [1.54, 1.807) is 7.11 Å². The first kappa shape index (κ1) is 28.7. The number of hydrogen-bond acceptors (Lipinski definition) is 7. The van der Waals surface area contributed by atoms with Crippen molar-refractivity contribution in [1.29, 1.82) is 0 Å². The van der Waals surface area contributed by atoms with Gasteiger partial charge < -0.3 is 30.0 Å². The molecule has 0 saturated carbocycles. The molecule has 2 aromatic carbocycles. The van der Waals surface area contributed by atoms with Crippen LogP contribution in [-0.2, 0) is 16.0 Å².